The van der Waals surface area contributed by atoms with Crippen molar-refractivity contribution in [2.75, 3.05) is 13.4 Å². The van der Waals surface area contributed by atoms with E-state index in [2.05, 4.69) is 15.2 Å². The highest BCUT2D eigenvalue weighted by molar-refractivity contribution is 7.98. The maximum atomic E-state index is 13.1. The Bertz CT molecular complexity index is 1450. The first-order valence-corrected chi connectivity index (χ1v) is 11.1. The van der Waals surface area contributed by atoms with Gasteiger partial charge in [-0.1, -0.05) is 17.3 Å². The summed E-state index contributed by atoms with van der Waals surface area (Å²) in [6.45, 7) is 0.167. The molecule has 3 aromatic heterocycles. The summed E-state index contributed by atoms with van der Waals surface area (Å²) in [5.74, 6) is 1.54. The lowest BCUT2D eigenvalue weighted by Crippen LogP contribution is -2.21. The first-order chi connectivity index (χ1) is 15.7. The van der Waals surface area contributed by atoms with E-state index < -0.39 is 0 Å². The lowest BCUT2D eigenvalue weighted by molar-refractivity contribution is 0.370. The highest BCUT2D eigenvalue weighted by Gasteiger charge is 2.14. The van der Waals surface area contributed by atoms with Crippen molar-refractivity contribution in [1.82, 2.24) is 24.3 Å². The van der Waals surface area contributed by atoms with E-state index >= 15 is 0 Å². The van der Waals surface area contributed by atoms with Crippen molar-refractivity contribution in [1.29, 1.82) is 0 Å². The molecule has 9 heteroatoms. The van der Waals surface area contributed by atoms with E-state index in [-0.39, 0.29) is 12.1 Å². The molecule has 5 rings (SSSR count). The van der Waals surface area contributed by atoms with Gasteiger partial charge in [-0.15, -0.1) is 11.8 Å². The van der Waals surface area contributed by atoms with Crippen LogP contribution in [0.15, 0.2) is 81.2 Å². The number of ether oxygens (including phenoxy) is 1. The molecule has 0 spiro atoms. The summed E-state index contributed by atoms with van der Waals surface area (Å²) in [5, 5.41) is 8.58. The number of methoxy groups -OCH3 is 1. The topological polar surface area (TPSA) is 87.5 Å². The van der Waals surface area contributed by atoms with E-state index in [9.17, 15) is 4.79 Å². The van der Waals surface area contributed by atoms with E-state index in [0.717, 1.165) is 16.0 Å². The minimum atomic E-state index is -0.203. The molecular weight excluding hydrogens is 426 g/mol. The van der Waals surface area contributed by atoms with Gasteiger partial charge in [-0.05, 0) is 48.7 Å². The maximum Gasteiger partial charge on any atom is 0.277 e. The molecule has 0 radical (unpaired) electrons. The fourth-order valence-corrected chi connectivity index (χ4v) is 3.87. The molecule has 0 saturated carbocycles. The lowest BCUT2D eigenvalue weighted by atomic mass is 10.1. The molecule has 32 heavy (non-hydrogen) atoms. The van der Waals surface area contributed by atoms with Crippen LogP contribution in [0.2, 0.25) is 0 Å². The second-order valence-electron chi connectivity index (χ2n) is 7.03. The predicted octanol–water partition coefficient (Wildman–Crippen LogP) is 3.99. The summed E-state index contributed by atoms with van der Waals surface area (Å²) in [7, 11) is 1.61. The molecule has 0 N–H and O–H groups in total. The SMILES string of the molecule is COc1ccccc1-c1cc2c(=O)n(Cc3nc(-c4ccc(SC)cc4)no3)ccn2n1. The van der Waals surface area contributed by atoms with Crippen molar-refractivity contribution in [2.45, 2.75) is 11.4 Å². The zero-order valence-electron chi connectivity index (χ0n) is 17.4. The fraction of sp³-hybridized carbons (Fsp3) is 0.130. The van der Waals surface area contributed by atoms with Crippen molar-refractivity contribution in [2.24, 2.45) is 0 Å². The van der Waals surface area contributed by atoms with Crippen molar-refractivity contribution >= 4 is 17.3 Å². The third-order valence-corrected chi connectivity index (χ3v) is 5.85. The second-order valence-corrected chi connectivity index (χ2v) is 7.91. The largest absolute Gasteiger partial charge is 0.496 e. The summed E-state index contributed by atoms with van der Waals surface area (Å²) >= 11 is 1.67. The first kappa shape index (κ1) is 20.1. The quantitative estimate of drug-likeness (QED) is 0.365. The van der Waals surface area contributed by atoms with Crippen LogP contribution < -0.4 is 10.3 Å². The van der Waals surface area contributed by atoms with E-state index in [1.165, 1.54) is 4.57 Å². The molecule has 0 bridgehead atoms. The number of thioether (sulfide) groups is 1. The number of aromatic nitrogens is 5. The molecule has 0 unspecified atom stereocenters. The Hall–Kier alpha value is -3.85. The lowest BCUT2D eigenvalue weighted by Gasteiger charge is -2.04. The molecule has 0 saturated heterocycles. The van der Waals surface area contributed by atoms with Crippen molar-refractivity contribution in [3.05, 3.63) is 83.2 Å². The maximum absolute atomic E-state index is 13.1. The van der Waals surface area contributed by atoms with Crippen LogP contribution in [-0.2, 0) is 6.54 Å². The summed E-state index contributed by atoms with van der Waals surface area (Å²) in [5.41, 5.74) is 2.58. The molecule has 0 fully saturated rings. The number of fused-ring (bicyclic) bond motifs is 1. The molecule has 0 amide bonds. The van der Waals surface area contributed by atoms with E-state index in [1.54, 1.807) is 41.8 Å². The van der Waals surface area contributed by atoms with Gasteiger partial charge in [0.15, 0.2) is 0 Å². The molecule has 0 atom stereocenters. The minimum Gasteiger partial charge on any atom is -0.496 e. The summed E-state index contributed by atoms with van der Waals surface area (Å²) in [4.78, 5) is 18.7. The molecular formula is C23H19N5O3S. The van der Waals surface area contributed by atoms with Crippen LogP contribution in [0.1, 0.15) is 5.89 Å². The van der Waals surface area contributed by atoms with E-state index in [4.69, 9.17) is 9.26 Å². The van der Waals surface area contributed by atoms with Crippen LogP contribution in [0.5, 0.6) is 5.75 Å². The Morgan fingerprint density at radius 1 is 1.09 bits per heavy atom. The van der Waals surface area contributed by atoms with Crippen LogP contribution >= 0.6 is 11.8 Å². The van der Waals surface area contributed by atoms with Gasteiger partial charge in [-0.3, -0.25) is 4.79 Å². The van der Waals surface area contributed by atoms with Gasteiger partial charge in [0, 0.05) is 28.4 Å². The number of hydrogen-bond acceptors (Lipinski definition) is 7. The van der Waals surface area contributed by atoms with Gasteiger partial charge in [0.05, 0.1) is 12.8 Å². The Morgan fingerprint density at radius 2 is 1.91 bits per heavy atom. The van der Waals surface area contributed by atoms with Gasteiger partial charge in [-0.25, -0.2) is 4.52 Å². The van der Waals surface area contributed by atoms with Gasteiger partial charge < -0.3 is 13.8 Å². The monoisotopic (exact) mass is 445 g/mol. The van der Waals surface area contributed by atoms with Gasteiger partial charge in [0.1, 0.15) is 17.8 Å². The van der Waals surface area contributed by atoms with Crippen molar-refractivity contribution in [3.63, 3.8) is 0 Å². The van der Waals surface area contributed by atoms with Gasteiger partial charge in [-0.2, -0.15) is 10.1 Å². The highest BCUT2D eigenvalue weighted by atomic mass is 32.2. The van der Waals surface area contributed by atoms with Gasteiger partial charge >= 0.3 is 0 Å². The second kappa shape index (κ2) is 8.35. The molecule has 5 aromatic rings. The standard InChI is InChI=1S/C23H19N5O3S/c1-30-20-6-4-3-5-17(20)18-13-19-23(29)27(11-12-28(19)25-18)14-21-24-22(26-31-21)15-7-9-16(32-2)10-8-15/h3-13H,14H2,1-2H3. The zero-order valence-corrected chi connectivity index (χ0v) is 18.2. The zero-order chi connectivity index (χ0) is 22.1. The van der Waals surface area contributed by atoms with Crippen LogP contribution in [0, 0.1) is 0 Å². The van der Waals surface area contributed by atoms with Crippen LogP contribution in [0.4, 0.5) is 0 Å². The average Bonchev–Trinajstić information content (AvgIpc) is 3.49. The third kappa shape index (κ3) is 3.67. The van der Waals surface area contributed by atoms with Crippen LogP contribution in [0.25, 0.3) is 28.2 Å². The normalized spacial score (nSPS) is 11.2. The van der Waals surface area contributed by atoms with Gasteiger partial charge in [0.2, 0.25) is 11.7 Å². The number of benzene rings is 2. The van der Waals surface area contributed by atoms with E-state index in [1.807, 2.05) is 54.8 Å². The van der Waals surface area contributed by atoms with Crippen LogP contribution in [0.3, 0.4) is 0 Å². The fourth-order valence-electron chi connectivity index (χ4n) is 3.46. The Morgan fingerprint density at radius 3 is 2.69 bits per heavy atom. The van der Waals surface area contributed by atoms with Crippen molar-refractivity contribution < 1.29 is 9.26 Å². The minimum absolute atomic E-state index is 0.167. The smallest absolute Gasteiger partial charge is 0.277 e. The average molecular weight is 446 g/mol. The van der Waals surface area contributed by atoms with Crippen molar-refractivity contribution in [3.8, 4) is 28.4 Å². The first-order valence-electron chi connectivity index (χ1n) is 9.85. The Kier molecular flexibility index (Phi) is 5.24. The number of nitrogens with zero attached hydrogens (tertiary/aromatic N) is 5. The van der Waals surface area contributed by atoms with Crippen LogP contribution in [-0.4, -0.2) is 37.7 Å². The number of hydrogen-bond donors (Lipinski definition) is 0. The molecule has 3 heterocycles. The van der Waals surface area contributed by atoms with Gasteiger partial charge in [0.25, 0.3) is 5.56 Å². The highest BCUT2D eigenvalue weighted by Crippen LogP contribution is 2.28. The Balaban J connectivity index is 1.45. The summed E-state index contributed by atoms with van der Waals surface area (Å²) in [6.07, 6.45) is 5.41. The Labute approximate surface area is 187 Å². The molecule has 0 aliphatic carbocycles. The number of para-hydroxylation sites is 1. The molecule has 0 aliphatic rings. The number of rotatable bonds is 6. The van der Waals surface area contributed by atoms with E-state index in [0.29, 0.717) is 28.7 Å². The predicted molar refractivity (Wildman–Crippen MR) is 122 cm³/mol. The molecule has 2 aromatic carbocycles. The molecule has 160 valence electrons. The molecule has 0 aliphatic heterocycles. The molecule has 8 nitrogen and oxygen atoms in total. The summed E-state index contributed by atoms with van der Waals surface area (Å²) in [6, 6.07) is 17.2. The third-order valence-electron chi connectivity index (χ3n) is 5.11. The summed E-state index contributed by atoms with van der Waals surface area (Å²) < 4.78 is 13.9.